The highest BCUT2D eigenvalue weighted by Gasteiger charge is 2.45. The predicted molar refractivity (Wildman–Crippen MR) is 120 cm³/mol. The Morgan fingerprint density at radius 2 is 1.71 bits per heavy atom. The van der Waals surface area contributed by atoms with Crippen molar-refractivity contribution < 1.29 is 54.1 Å². The molecule has 2 aromatic carbocycles. The number of methoxy groups -OCH3 is 1. The molecule has 0 aliphatic carbocycles. The van der Waals surface area contributed by atoms with Gasteiger partial charge in [-0.2, -0.15) is 0 Å². The van der Waals surface area contributed by atoms with Crippen LogP contribution in [0.4, 0.5) is 0 Å². The molecule has 1 aliphatic heterocycles. The van der Waals surface area contributed by atoms with Crippen LogP contribution >= 0.6 is 0 Å². The first kappa shape index (κ1) is 26.0. The van der Waals surface area contributed by atoms with E-state index < -0.39 is 43.3 Å². The highest BCUT2D eigenvalue weighted by atomic mass is 16.7. The first-order chi connectivity index (χ1) is 16.6. The average molecular weight is 490 g/mol. The number of hydrogen-bond acceptors (Lipinski definition) is 11. The van der Waals surface area contributed by atoms with E-state index in [2.05, 4.69) is 0 Å². The summed E-state index contributed by atoms with van der Waals surface area (Å²) in [4.78, 5) is 23.6. The van der Waals surface area contributed by atoms with Crippen LogP contribution in [0, 0.1) is 0 Å². The molecule has 188 valence electrons. The van der Waals surface area contributed by atoms with Gasteiger partial charge in [0.25, 0.3) is 0 Å². The highest BCUT2D eigenvalue weighted by Crippen LogP contribution is 2.32. The summed E-state index contributed by atoms with van der Waals surface area (Å²) in [6, 6.07) is 8.32. The topological polar surface area (TPSA) is 172 Å². The normalized spacial score (nSPS) is 24.2. The molecular weight excluding hydrogens is 464 g/mol. The minimum Gasteiger partial charge on any atom is -0.504 e. The second-order valence-electron chi connectivity index (χ2n) is 7.77. The minimum atomic E-state index is -1.67. The Morgan fingerprint density at radius 3 is 2.37 bits per heavy atom. The molecule has 1 saturated heterocycles. The summed E-state index contributed by atoms with van der Waals surface area (Å²) in [5, 5.41) is 49.6. The van der Waals surface area contributed by atoms with E-state index in [1.807, 2.05) is 0 Å². The lowest BCUT2D eigenvalue weighted by atomic mass is 9.99. The quantitative estimate of drug-likeness (QED) is 0.153. The van der Waals surface area contributed by atoms with E-state index in [-0.39, 0.29) is 28.8 Å². The Balaban J connectivity index is 1.65. The Morgan fingerprint density at radius 1 is 0.971 bits per heavy atom. The van der Waals surface area contributed by atoms with Crippen LogP contribution in [0.25, 0.3) is 6.08 Å². The number of carbonyl (C=O) groups excluding carboxylic acids is 2. The van der Waals surface area contributed by atoms with Crippen molar-refractivity contribution in [3.05, 3.63) is 53.6 Å². The zero-order valence-corrected chi connectivity index (χ0v) is 18.9. The fourth-order valence-corrected chi connectivity index (χ4v) is 3.28. The van der Waals surface area contributed by atoms with Gasteiger partial charge >= 0.3 is 5.97 Å². The van der Waals surface area contributed by atoms with Gasteiger partial charge in [-0.25, -0.2) is 4.79 Å². The summed E-state index contributed by atoms with van der Waals surface area (Å²) in [6.45, 7) is 0.909. The van der Waals surface area contributed by atoms with E-state index in [0.717, 1.165) is 6.08 Å². The van der Waals surface area contributed by atoms with Crippen molar-refractivity contribution >= 4 is 17.8 Å². The van der Waals surface area contributed by atoms with Crippen molar-refractivity contribution in [2.24, 2.45) is 0 Å². The van der Waals surface area contributed by atoms with Crippen LogP contribution in [0.2, 0.25) is 0 Å². The first-order valence-corrected chi connectivity index (χ1v) is 10.5. The van der Waals surface area contributed by atoms with E-state index >= 15 is 0 Å². The summed E-state index contributed by atoms with van der Waals surface area (Å²) >= 11 is 0. The molecule has 0 amide bonds. The summed E-state index contributed by atoms with van der Waals surface area (Å²) in [5.41, 5.74) is 0.790. The zero-order chi connectivity index (χ0) is 25.7. The number of esters is 1. The minimum absolute atomic E-state index is 0.112. The molecule has 0 spiro atoms. The monoisotopic (exact) mass is 490 g/mol. The average Bonchev–Trinajstić information content (AvgIpc) is 2.84. The molecule has 5 unspecified atom stereocenters. The molecular formula is C24H26O11. The van der Waals surface area contributed by atoms with Gasteiger partial charge < -0.3 is 44.5 Å². The van der Waals surface area contributed by atoms with Gasteiger partial charge in [-0.15, -0.1) is 0 Å². The van der Waals surface area contributed by atoms with Crippen molar-refractivity contribution in [3.63, 3.8) is 0 Å². The van der Waals surface area contributed by atoms with Crippen molar-refractivity contribution in [1.82, 2.24) is 0 Å². The van der Waals surface area contributed by atoms with Crippen molar-refractivity contribution in [3.8, 4) is 23.0 Å². The van der Waals surface area contributed by atoms with E-state index in [1.54, 1.807) is 0 Å². The lowest BCUT2D eigenvalue weighted by molar-refractivity contribution is -0.278. The van der Waals surface area contributed by atoms with Crippen molar-refractivity contribution in [1.29, 1.82) is 0 Å². The molecule has 0 radical (unpaired) electrons. The van der Waals surface area contributed by atoms with Crippen LogP contribution < -0.4 is 9.47 Å². The smallest absolute Gasteiger partial charge is 0.330 e. The van der Waals surface area contributed by atoms with E-state index in [9.17, 15) is 35.1 Å². The highest BCUT2D eigenvalue weighted by molar-refractivity contribution is 5.94. The summed E-state index contributed by atoms with van der Waals surface area (Å²) in [6.07, 6.45) is -5.20. The Bertz CT molecular complexity index is 1100. The number of hydrogen-bond donors (Lipinski definition) is 5. The van der Waals surface area contributed by atoms with Crippen LogP contribution in [0.15, 0.2) is 42.5 Å². The van der Waals surface area contributed by atoms with Crippen LogP contribution in [-0.2, 0) is 14.3 Å². The third-order valence-electron chi connectivity index (χ3n) is 5.28. The van der Waals surface area contributed by atoms with Crippen LogP contribution in [-0.4, -0.2) is 81.7 Å². The number of phenolic OH excluding ortho intramolecular Hbond substituents is 2. The molecule has 5 atom stereocenters. The van der Waals surface area contributed by atoms with E-state index in [1.165, 1.54) is 56.5 Å². The molecule has 11 nitrogen and oxygen atoms in total. The molecule has 1 heterocycles. The van der Waals surface area contributed by atoms with Crippen molar-refractivity contribution in [2.45, 2.75) is 37.6 Å². The van der Waals surface area contributed by atoms with Gasteiger partial charge in [0, 0.05) is 11.6 Å². The number of Topliss-reactive ketones (excluding diaryl/α,β-unsaturated/α-hetero) is 1. The SMILES string of the molecule is COc1cc(C(C)=O)ccc1OC1OC(COC(=O)/C=C/c2ccc(O)c(O)c2)C(O)C(O)C1O. The number of rotatable bonds is 8. The number of ether oxygens (including phenoxy) is 4. The summed E-state index contributed by atoms with van der Waals surface area (Å²) in [5.74, 6) is -1.37. The largest absolute Gasteiger partial charge is 0.504 e. The maximum atomic E-state index is 12.1. The maximum Gasteiger partial charge on any atom is 0.330 e. The van der Waals surface area contributed by atoms with Crippen LogP contribution in [0.1, 0.15) is 22.8 Å². The Labute approximate surface area is 200 Å². The molecule has 5 N–H and O–H groups in total. The molecule has 0 saturated carbocycles. The molecule has 1 fully saturated rings. The molecule has 2 aromatic rings. The maximum absolute atomic E-state index is 12.1. The molecule has 0 bridgehead atoms. The number of ketones is 1. The first-order valence-electron chi connectivity index (χ1n) is 10.5. The van der Waals surface area contributed by atoms with Gasteiger partial charge in [0.15, 0.2) is 28.8 Å². The van der Waals surface area contributed by atoms with Crippen LogP contribution in [0.3, 0.4) is 0 Å². The number of aliphatic hydroxyl groups excluding tert-OH is 3. The third-order valence-corrected chi connectivity index (χ3v) is 5.28. The van der Waals surface area contributed by atoms with E-state index in [0.29, 0.717) is 11.1 Å². The predicted octanol–water partition coefficient (Wildman–Crippen LogP) is 0.752. The second-order valence-corrected chi connectivity index (χ2v) is 7.77. The summed E-state index contributed by atoms with van der Waals surface area (Å²) < 4.78 is 21.4. The number of carbonyl (C=O) groups is 2. The Hall–Kier alpha value is -3.64. The zero-order valence-electron chi connectivity index (χ0n) is 18.9. The van der Waals surface area contributed by atoms with Gasteiger partial charge in [0.1, 0.15) is 31.0 Å². The summed E-state index contributed by atoms with van der Waals surface area (Å²) in [7, 11) is 1.36. The molecule has 11 heteroatoms. The fourth-order valence-electron chi connectivity index (χ4n) is 3.28. The van der Waals surface area contributed by atoms with Gasteiger partial charge in [0.2, 0.25) is 6.29 Å². The van der Waals surface area contributed by atoms with Crippen LogP contribution in [0.5, 0.6) is 23.0 Å². The standard InChI is InChI=1S/C24H26O11/c1-12(25)14-5-7-17(18(10-14)32-2)34-24-23(31)22(30)21(29)19(35-24)11-33-20(28)8-4-13-3-6-15(26)16(27)9-13/h3-10,19,21-24,26-27,29-31H,11H2,1-2H3/b8-4+. The van der Waals surface area contributed by atoms with E-state index in [4.69, 9.17) is 18.9 Å². The van der Waals surface area contributed by atoms with Gasteiger partial charge in [-0.1, -0.05) is 6.07 Å². The number of aromatic hydroxyl groups is 2. The number of phenols is 2. The molecule has 1 aliphatic rings. The molecule has 35 heavy (non-hydrogen) atoms. The molecule has 0 aromatic heterocycles. The number of aliphatic hydroxyl groups is 3. The fraction of sp³-hybridized carbons (Fsp3) is 0.333. The van der Waals surface area contributed by atoms with Gasteiger partial charge in [-0.3, -0.25) is 4.79 Å². The molecule has 3 rings (SSSR count). The lowest BCUT2D eigenvalue weighted by Gasteiger charge is -2.40. The Kier molecular flexibility index (Phi) is 8.30. The van der Waals surface area contributed by atoms with Gasteiger partial charge in [-0.05, 0) is 48.9 Å². The lowest BCUT2D eigenvalue weighted by Crippen LogP contribution is -2.60. The van der Waals surface area contributed by atoms with Gasteiger partial charge in [0.05, 0.1) is 7.11 Å². The second kappa shape index (κ2) is 11.2. The van der Waals surface area contributed by atoms with Crippen molar-refractivity contribution in [2.75, 3.05) is 13.7 Å². The number of benzene rings is 2. The third kappa shape index (κ3) is 6.28.